The van der Waals surface area contributed by atoms with Crippen LogP contribution in [0.4, 0.5) is 0 Å². The normalized spacial score (nSPS) is 12.9. The molecule has 1 unspecified atom stereocenters. The third kappa shape index (κ3) is 3.07. The van der Waals surface area contributed by atoms with Crippen molar-refractivity contribution in [3.05, 3.63) is 38.8 Å². The molecule has 1 N–H and O–H groups in total. The number of likely N-dealkylation sites (N-methyl/N-ethyl adjacent to an activating group) is 1. The van der Waals surface area contributed by atoms with Gasteiger partial charge in [0, 0.05) is 28.5 Å². The standard InChI is InChI=1S/C15H23N3S/c1-6-16-14(15-8-7-10(2)19-15)9-13-11(3)17-18(5)12(13)4/h7-8,14,16H,6,9H2,1-5H3. The number of thiophene rings is 1. The Hall–Kier alpha value is -1.13. The van der Waals surface area contributed by atoms with E-state index < -0.39 is 0 Å². The van der Waals surface area contributed by atoms with Crippen molar-refractivity contribution in [2.75, 3.05) is 6.54 Å². The molecule has 104 valence electrons. The van der Waals surface area contributed by atoms with Crippen LogP contribution in [-0.4, -0.2) is 16.3 Å². The Bertz CT molecular complexity index is 554. The number of hydrogen-bond acceptors (Lipinski definition) is 3. The van der Waals surface area contributed by atoms with Crippen LogP contribution < -0.4 is 5.32 Å². The summed E-state index contributed by atoms with van der Waals surface area (Å²) < 4.78 is 1.98. The smallest absolute Gasteiger partial charge is 0.0629 e. The highest BCUT2D eigenvalue weighted by Crippen LogP contribution is 2.27. The van der Waals surface area contributed by atoms with Gasteiger partial charge in [-0.25, -0.2) is 0 Å². The van der Waals surface area contributed by atoms with E-state index in [1.807, 2.05) is 23.1 Å². The predicted octanol–water partition coefficient (Wildman–Crippen LogP) is 3.30. The molecular weight excluding hydrogens is 254 g/mol. The van der Waals surface area contributed by atoms with Gasteiger partial charge in [-0.15, -0.1) is 11.3 Å². The molecule has 2 aromatic heterocycles. The average molecular weight is 277 g/mol. The van der Waals surface area contributed by atoms with Crippen LogP contribution in [0.1, 0.15) is 39.7 Å². The van der Waals surface area contributed by atoms with Gasteiger partial charge < -0.3 is 5.32 Å². The van der Waals surface area contributed by atoms with Crippen molar-refractivity contribution in [2.24, 2.45) is 7.05 Å². The molecule has 3 nitrogen and oxygen atoms in total. The summed E-state index contributed by atoms with van der Waals surface area (Å²) in [5.74, 6) is 0. The van der Waals surface area contributed by atoms with Crippen LogP contribution in [0.15, 0.2) is 12.1 Å². The van der Waals surface area contributed by atoms with Gasteiger partial charge in [0.15, 0.2) is 0 Å². The molecule has 2 aromatic rings. The van der Waals surface area contributed by atoms with Crippen molar-refractivity contribution < 1.29 is 0 Å². The summed E-state index contributed by atoms with van der Waals surface area (Å²) >= 11 is 1.88. The number of aryl methyl sites for hydroxylation is 3. The summed E-state index contributed by atoms with van der Waals surface area (Å²) in [6.45, 7) is 9.57. The molecule has 0 bridgehead atoms. The predicted molar refractivity (Wildman–Crippen MR) is 81.9 cm³/mol. The average Bonchev–Trinajstić information content (AvgIpc) is 2.88. The zero-order valence-corrected chi connectivity index (χ0v) is 13.3. The molecule has 0 amide bonds. The van der Waals surface area contributed by atoms with Crippen molar-refractivity contribution in [1.29, 1.82) is 0 Å². The lowest BCUT2D eigenvalue weighted by atomic mass is 10.0. The van der Waals surface area contributed by atoms with E-state index in [0.29, 0.717) is 6.04 Å². The van der Waals surface area contributed by atoms with Gasteiger partial charge in [-0.2, -0.15) is 5.10 Å². The first-order valence-electron chi connectivity index (χ1n) is 6.81. The maximum atomic E-state index is 4.51. The van der Waals surface area contributed by atoms with E-state index in [4.69, 9.17) is 0 Å². The lowest BCUT2D eigenvalue weighted by molar-refractivity contribution is 0.555. The molecule has 2 heterocycles. The van der Waals surface area contributed by atoms with Crippen molar-refractivity contribution in [3.63, 3.8) is 0 Å². The zero-order chi connectivity index (χ0) is 14.0. The van der Waals surface area contributed by atoms with Crippen LogP contribution in [0.2, 0.25) is 0 Å². The zero-order valence-electron chi connectivity index (χ0n) is 12.4. The van der Waals surface area contributed by atoms with Gasteiger partial charge in [0.05, 0.1) is 5.69 Å². The maximum Gasteiger partial charge on any atom is 0.0629 e. The van der Waals surface area contributed by atoms with Gasteiger partial charge in [0.1, 0.15) is 0 Å². The summed E-state index contributed by atoms with van der Waals surface area (Å²) in [5.41, 5.74) is 3.80. The topological polar surface area (TPSA) is 29.9 Å². The van der Waals surface area contributed by atoms with Crippen LogP contribution in [0.5, 0.6) is 0 Å². The second-order valence-electron chi connectivity index (χ2n) is 5.04. The molecule has 0 fully saturated rings. The minimum absolute atomic E-state index is 0.394. The molecule has 1 atom stereocenters. The van der Waals surface area contributed by atoms with E-state index in [2.05, 4.69) is 50.2 Å². The highest BCUT2D eigenvalue weighted by molar-refractivity contribution is 7.12. The third-order valence-corrected chi connectivity index (χ3v) is 4.74. The van der Waals surface area contributed by atoms with Crippen molar-refractivity contribution in [1.82, 2.24) is 15.1 Å². The van der Waals surface area contributed by atoms with Gasteiger partial charge >= 0.3 is 0 Å². The molecule has 0 radical (unpaired) electrons. The van der Waals surface area contributed by atoms with Crippen LogP contribution >= 0.6 is 11.3 Å². The van der Waals surface area contributed by atoms with Crippen molar-refractivity contribution in [2.45, 2.75) is 40.2 Å². The Labute approximate surface area is 119 Å². The highest BCUT2D eigenvalue weighted by atomic mass is 32.1. The van der Waals surface area contributed by atoms with Gasteiger partial charge in [-0.3, -0.25) is 4.68 Å². The number of nitrogens with zero attached hydrogens (tertiary/aromatic N) is 2. The first-order valence-corrected chi connectivity index (χ1v) is 7.63. The largest absolute Gasteiger partial charge is 0.309 e. The van der Waals surface area contributed by atoms with Crippen LogP contribution in [0, 0.1) is 20.8 Å². The van der Waals surface area contributed by atoms with Gasteiger partial charge in [-0.1, -0.05) is 6.92 Å². The van der Waals surface area contributed by atoms with Gasteiger partial charge in [-0.05, 0) is 51.4 Å². The van der Waals surface area contributed by atoms with Gasteiger partial charge in [0.25, 0.3) is 0 Å². The molecule has 0 aliphatic heterocycles. The van der Waals surface area contributed by atoms with Crippen LogP contribution in [0.3, 0.4) is 0 Å². The van der Waals surface area contributed by atoms with Gasteiger partial charge in [0.2, 0.25) is 0 Å². The van der Waals surface area contributed by atoms with Crippen LogP contribution in [-0.2, 0) is 13.5 Å². The molecule has 2 rings (SSSR count). The summed E-state index contributed by atoms with van der Waals surface area (Å²) in [6.07, 6.45) is 1.01. The SMILES string of the molecule is CCNC(Cc1c(C)nn(C)c1C)c1ccc(C)s1. The summed E-state index contributed by atoms with van der Waals surface area (Å²) in [5, 5.41) is 8.11. The number of hydrogen-bond donors (Lipinski definition) is 1. The quantitative estimate of drug-likeness (QED) is 0.909. The second-order valence-corrected chi connectivity index (χ2v) is 6.36. The fourth-order valence-corrected chi connectivity index (χ4v) is 3.43. The van der Waals surface area contributed by atoms with E-state index in [0.717, 1.165) is 18.7 Å². The highest BCUT2D eigenvalue weighted by Gasteiger charge is 2.18. The Kier molecular flexibility index (Phi) is 4.42. The molecule has 0 spiro atoms. The maximum absolute atomic E-state index is 4.51. The third-order valence-electron chi connectivity index (χ3n) is 3.62. The minimum Gasteiger partial charge on any atom is -0.309 e. The summed E-state index contributed by atoms with van der Waals surface area (Å²) in [7, 11) is 2.02. The Balaban J connectivity index is 2.26. The molecule has 0 saturated carbocycles. The summed E-state index contributed by atoms with van der Waals surface area (Å²) in [6, 6.07) is 4.84. The monoisotopic (exact) mass is 277 g/mol. The number of aromatic nitrogens is 2. The first kappa shape index (κ1) is 14.3. The molecule has 0 aromatic carbocycles. The molecule has 0 aliphatic rings. The Morgan fingerprint density at radius 3 is 2.53 bits per heavy atom. The fraction of sp³-hybridized carbons (Fsp3) is 0.533. The Morgan fingerprint density at radius 1 is 1.32 bits per heavy atom. The lowest BCUT2D eigenvalue weighted by Gasteiger charge is -2.16. The van der Waals surface area contributed by atoms with E-state index in [9.17, 15) is 0 Å². The minimum atomic E-state index is 0.394. The van der Waals surface area contributed by atoms with Crippen molar-refractivity contribution >= 4 is 11.3 Å². The van der Waals surface area contributed by atoms with E-state index in [1.165, 1.54) is 21.0 Å². The van der Waals surface area contributed by atoms with E-state index in [1.54, 1.807) is 0 Å². The van der Waals surface area contributed by atoms with E-state index in [-0.39, 0.29) is 0 Å². The fourth-order valence-electron chi connectivity index (χ4n) is 2.48. The molecule has 19 heavy (non-hydrogen) atoms. The Morgan fingerprint density at radius 2 is 2.05 bits per heavy atom. The van der Waals surface area contributed by atoms with Crippen LogP contribution in [0.25, 0.3) is 0 Å². The first-order chi connectivity index (χ1) is 9.02. The summed E-state index contributed by atoms with van der Waals surface area (Å²) in [4.78, 5) is 2.79. The lowest BCUT2D eigenvalue weighted by Crippen LogP contribution is -2.22. The second kappa shape index (κ2) is 5.88. The van der Waals surface area contributed by atoms with Crippen molar-refractivity contribution in [3.8, 4) is 0 Å². The molecule has 0 saturated heterocycles. The molecule has 0 aliphatic carbocycles. The molecular formula is C15H23N3S. The number of nitrogens with one attached hydrogen (secondary N) is 1. The number of rotatable bonds is 5. The van der Waals surface area contributed by atoms with E-state index >= 15 is 0 Å². The molecule has 4 heteroatoms.